The summed E-state index contributed by atoms with van der Waals surface area (Å²) in [6.45, 7) is 0.708. The van der Waals surface area contributed by atoms with E-state index in [1.165, 1.54) is 5.56 Å². The van der Waals surface area contributed by atoms with Crippen molar-refractivity contribution >= 4 is 28.3 Å². The molecule has 1 aromatic carbocycles. The van der Waals surface area contributed by atoms with Gasteiger partial charge >= 0.3 is 0 Å². The van der Waals surface area contributed by atoms with Crippen molar-refractivity contribution in [3.05, 3.63) is 34.3 Å². The molecule has 0 fully saturated rings. The van der Waals surface area contributed by atoms with Crippen molar-refractivity contribution in [3.63, 3.8) is 0 Å². The van der Waals surface area contributed by atoms with E-state index in [2.05, 4.69) is 21.4 Å². The summed E-state index contributed by atoms with van der Waals surface area (Å²) in [6.07, 6.45) is 0. The average molecular weight is 238 g/mol. The van der Waals surface area contributed by atoms with Gasteiger partial charge in [0.2, 0.25) is 0 Å². The number of halogens is 2. The predicted molar refractivity (Wildman–Crippen MR) is 52.4 cm³/mol. The maximum Gasteiger partial charge on any atom is 0.0349 e. The summed E-state index contributed by atoms with van der Waals surface area (Å²) in [5, 5.41) is 0. The van der Waals surface area contributed by atoms with Crippen LogP contribution in [0, 0.1) is 0 Å². The fourth-order valence-electron chi connectivity index (χ4n) is 0.765. The van der Waals surface area contributed by atoms with Crippen LogP contribution in [0.1, 0.15) is 5.56 Å². The lowest BCUT2D eigenvalue weighted by Crippen LogP contribution is -2.20. The van der Waals surface area contributed by atoms with Crippen molar-refractivity contribution in [3.8, 4) is 0 Å². The van der Waals surface area contributed by atoms with E-state index >= 15 is 0 Å². The van der Waals surface area contributed by atoms with Crippen LogP contribution in [0.25, 0.3) is 0 Å². The van der Waals surface area contributed by atoms with Gasteiger partial charge in [-0.1, -0.05) is 28.1 Å². The summed E-state index contributed by atoms with van der Waals surface area (Å²) in [5.41, 5.74) is 3.77. The first kappa shape index (κ1) is 10.9. The van der Waals surface area contributed by atoms with Crippen LogP contribution in [-0.4, -0.2) is 0 Å². The van der Waals surface area contributed by atoms with Crippen molar-refractivity contribution in [2.24, 2.45) is 5.84 Å². The second-order valence-electron chi connectivity index (χ2n) is 2.01. The molecular weight excluding hydrogens is 227 g/mol. The lowest BCUT2D eigenvalue weighted by Gasteiger charge is -1.98. The molecule has 0 aliphatic carbocycles. The highest BCUT2D eigenvalue weighted by Crippen LogP contribution is 2.10. The Morgan fingerprint density at radius 3 is 2.73 bits per heavy atom. The Labute approximate surface area is 80.7 Å². The number of hydrogen-bond donors (Lipinski definition) is 2. The fraction of sp³-hybridized carbons (Fsp3) is 0.143. The number of hydrogen-bond acceptors (Lipinski definition) is 2. The van der Waals surface area contributed by atoms with Crippen LogP contribution in [-0.2, 0) is 6.54 Å². The number of rotatable bonds is 2. The van der Waals surface area contributed by atoms with Gasteiger partial charge in [0.15, 0.2) is 0 Å². The summed E-state index contributed by atoms with van der Waals surface area (Å²) < 4.78 is 1.08. The van der Waals surface area contributed by atoms with Gasteiger partial charge in [-0.25, -0.2) is 0 Å². The van der Waals surface area contributed by atoms with E-state index < -0.39 is 0 Å². The highest BCUT2D eigenvalue weighted by atomic mass is 79.9. The Morgan fingerprint density at radius 2 is 2.18 bits per heavy atom. The van der Waals surface area contributed by atoms with E-state index in [-0.39, 0.29) is 12.4 Å². The molecule has 62 valence electrons. The van der Waals surface area contributed by atoms with Crippen molar-refractivity contribution in [1.82, 2.24) is 5.43 Å². The lowest BCUT2D eigenvalue weighted by molar-refractivity contribution is 0.741. The highest BCUT2D eigenvalue weighted by molar-refractivity contribution is 9.10. The van der Waals surface area contributed by atoms with Gasteiger partial charge in [0.1, 0.15) is 0 Å². The predicted octanol–water partition coefficient (Wildman–Crippen LogP) is 1.83. The van der Waals surface area contributed by atoms with Crippen molar-refractivity contribution in [1.29, 1.82) is 0 Å². The Hall–Kier alpha value is -0.0900. The minimum Gasteiger partial charge on any atom is -0.271 e. The molecule has 3 N–H and O–H groups in total. The van der Waals surface area contributed by atoms with Gasteiger partial charge in [0.05, 0.1) is 0 Å². The van der Waals surface area contributed by atoms with Gasteiger partial charge in [-0.3, -0.25) is 11.3 Å². The zero-order valence-corrected chi connectivity index (χ0v) is 8.28. The van der Waals surface area contributed by atoms with E-state index in [1.54, 1.807) is 0 Å². The van der Waals surface area contributed by atoms with Crippen LogP contribution in [0.2, 0.25) is 0 Å². The first-order valence-electron chi connectivity index (χ1n) is 3.01. The zero-order valence-electron chi connectivity index (χ0n) is 5.88. The molecule has 1 aromatic rings. The van der Waals surface area contributed by atoms with Crippen molar-refractivity contribution in [2.45, 2.75) is 6.54 Å². The third kappa shape index (κ3) is 3.72. The molecule has 0 amide bonds. The number of nitrogens with two attached hydrogens (primary N) is 1. The molecule has 0 unspecified atom stereocenters. The largest absolute Gasteiger partial charge is 0.271 e. The molecule has 0 spiro atoms. The standard InChI is InChI=1S/C7H9BrN2.ClH/c8-7-3-1-2-6(4-7)5-10-9;/h1-4,10H,5,9H2;1H. The van der Waals surface area contributed by atoms with E-state index in [1.807, 2.05) is 24.3 Å². The first-order valence-corrected chi connectivity index (χ1v) is 3.80. The Balaban J connectivity index is 0.000001000. The van der Waals surface area contributed by atoms with Crippen LogP contribution in [0.3, 0.4) is 0 Å². The molecule has 0 atom stereocenters. The van der Waals surface area contributed by atoms with Gasteiger partial charge in [-0.2, -0.15) is 0 Å². The minimum atomic E-state index is 0. The highest BCUT2D eigenvalue weighted by Gasteiger charge is 1.89. The molecule has 0 aromatic heterocycles. The Bertz CT molecular complexity index is 217. The summed E-state index contributed by atoms with van der Waals surface area (Å²) in [6, 6.07) is 8.02. The quantitative estimate of drug-likeness (QED) is 0.608. The zero-order chi connectivity index (χ0) is 7.40. The topological polar surface area (TPSA) is 38.0 Å². The molecule has 1 rings (SSSR count). The molecule has 0 aliphatic heterocycles. The fourth-order valence-corrected chi connectivity index (χ4v) is 1.21. The smallest absolute Gasteiger partial charge is 0.0349 e. The van der Waals surface area contributed by atoms with Crippen LogP contribution < -0.4 is 11.3 Å². The number of hydrazine groups is 1. The first-order chi connectivity index (χ1) is 4.83. The average Bonchev–Trinajstić information content (AvgIpc) is 1.88. The van der Waals surface area contributed by atoms with Gasteiger partial charge in [0, 0.05) is 11.0 Å². The maximum absolute atomic E-state index is 5.15. The van der Waals surface area contributed by atoms with E-state index in [0.717, 1.165) is 4.47 Å². The number of benzene rings is 1. The number of nitrogens with one attached hydrogen (secondary N) is 1. The van der Waals surface area contributed by atoms with Crippen LogP contribution >= 0.6 is 28.3 Å². The van der Waals surface area contributed by atoms with Gasteiger partial charge in [-0.15, -0.1) is 12.4 Å². The third-order valence-corrected chi connectivity index (χ3v) is 1.69. The van der Waals surface area contributed by atoms with Crippen molar-refractivity contribution in [2.75, 3.05) is 0 Å². The van der Waals surface area contributed by atoms with E-state index in [9.17, 15) is 0 Å². The lowest BCUT2D eigenvalue weighted by atomic mass is 10.2. The summed E-state index contributed by atoms with van der Waals surface area (Å²) in [7, 11) is 0. The second-order valence-corrected chi connectivity index (χ2v) is 2.93. The molecule has 0 saturated heterocycles. The molecule has 0 saturated carbocycles. The molecule has 0 bridgehead atoms. The van der Waals surface area contributed by atoms with E-state index in [0.29, 0.717) is 6.54 Å². The second kappa shape index (κ2) is 5.55. The van der Waals surface area contributed by atoms with Gasteiger partial charge < -0.3 is 0 Å². The SMILES string of the molecule is Cl.NNCc1cccc(Br)c1. The molecule has 11 heavy (non-hydrogen) atoms. The maximum atomic E-state index is 5.15. The van der Waals surface area contributed by atoms with E-state index in [4.69, 9.17) is 5.84 Å². The molecule has 0 radical (unpaired) electrons. The summed E-state index contributed by atoms with van der Waals surface area (Å²) in [5.74, 6) is 5.15. The Morgan fingerprint density at radius 1 is 1.45 bits per heavy atom. The third-order valence-electron chi connectivity index (χ3n) is 1.20. The Kier molecular flexibility index (Phi) is 5.50. The molecule has 0 heterocycles. The van der Waals surface area contributed by atoms with Gasteiger partial charge in [-0.05, 0) is 17.7 Å². The summed E-state index contributed by atoms with van der Waals surface area (Å²) in [4.78, 5) is 0. The van der Waals surface area contributed by atoms with Crippen molar-refractivity contribution < 1.29 is 0 Å². The monoisotopic (exact) mass is 236 g/mol. The molecule has 4 heteroatoms. The minimum absolute atomic E-state index is 0. The van der Waals surface area contributed by atoms with Crippen LogP contribution in [0.4, 0.5) is 0 Å². The molecule has 0 aliphatic rings. The van der Waals surface area contributed by atoms with Crippen LogP contribution in [0.15, 0.2) is 28.7 Å². The normalized spacial score (nSPS) is 8.91. The molecular formula is C7H10BrClN2. The van der Waals surface area contributed by atoms with Crippen LogP contribution in [0.5, 0.6) is 0 Å². The molecule has 2 nitrogen and oxygen atoms in total. The summed E-state index contributed by atoms with van der Waals surface area (Å²) >= 11 is 3.36. The van der Waals surface area contributed by atoms with Gasteiger partial charge in [0.25, 0.3) is 0 Å².